The van der Waals surface area contributed by atoms with Crippen molar-refractivity contribution in [2.45, 2.75) is 85.7 Å². The standard InChI is InChI=1S/C21H20BrNO5S2.C21H21NO5S2.C19H18BrNO5S2.C16H11NO3S2/c1-10(2)18(20(27)28)23-19(26)16(30-21(23)29)7-12-4-3-11-5-13(8-24)14(9-25)6-15(11)17(12)22;1-11(2)16(20(24)25)22-19(23)15(29-21(22)28)10-13-9-12-7-5-6-8-14(12)18(27-4)17(13)26-3;1-8(2)16(18(25)26)21-17(24)14(28-19(21)27)6-10-4-3-9-5-12(22)13(23)7-11(9)15(10)20;18-14(19)9-17-15(20)13(22-16(17)21)8-10-5-6-11-3-1-2-4-12(11)7-10/h3-7,10,18,24-25H,8-9H2,1-2H3,(H,27,28);5-11,16H,1-4H3,(H,24,25);5-8,16,22-23H,3-4H2,1-2H3,(H,25,26);1-8H,9H2,(H,18,19)/b16-7-;15-10-;14-6-;13-8-. The lowest BCUT2D eigenvalue weighted by Crippen LogP contribution is -2.47. The SMILES string of the molecule is CC(C)C(C(=O)O)N1C(=O)/C(=C/C2=C(Br)c3cc(O)c(O)cc3CC2)SC1=S.CC(C)C(C(=O)O)N1C(=O)/C(=C/c2ccc3cc(CO)c(CO)cc3c2Br)SC1=S.COc1c(/C=C2\SC(=S)N(C(C(=O)O)C(C)C)C2=O)cc2ccccc2c1OC.O=C(O)CN1C(=O)/C(=C/c2ccc3ccccc3c2)SC1=S. The number of hydrogen-bond acceptors (Lipinski definition) is 22. The van der Waals surface area contributed by atoms with Gasteiger partial charge < -0.3 is 50.3 Å². The lowest BCUT2D eigenvalue weighted by Gasteiger charge is -2.26. The molecule has 568 valence electrons. The van der Waals surface area contributed by atoms with Crippen LogP contribution in [0.2, 0.25) is 0 Å². The first-order valence-electron chi connectivity index (χ1n) is 33.1. The number of carbonyl (C=O) groups excluding carboxylic acids is 4. The fraction of sp³-hybridized carbons (Fsp3) is 0.247. The molecule has 0 radical (unpaired) electrons. The van der Waals surface area contributed by atoms with Gasteiger partial charge in [-0.3, -0.25) is 43.6 Å². The summed E-state index contributed by atoms with van der Waals surface area (Å²) in [5.74, 6) is -6.16. The van der Waals surface area contributed by atoms with Crippen molar-refractivity contribution >= 4 is 248 Å². The molecule has 7 aromatic carbocycles. The Morgan fingerprint density at radius 2 is 0.945 bits per heavy atom. The summed E-state index contributed by atoms with van der Waals surface area (Å²) in [6, 6.07) is 30.7. The Hall–Kier alpha value is -8.38. The lowest BCUT2D eigenvalue weighted by atomic mass is 9.91. The zero-order chi connectivity index (χ0) is 79.9. The van der Waals surface area contributed by atoms with Gasteiger partial charge in [-0.15, -0.1) is 0 Å². The third kappa shape index (κ3) is 18.8. The molecule has 0 saturated carbocycles. The van der Waals surface area contributed by atoms with E-state index in [1.807, 2.05) is 91.0 Å². The fourth-order valence-electron chi connectivity index (χ4n) is 12.3. The molecule has 4 amide bonds. The maximum absolute atomic E-state index is 13.0. The molecule has 4 saturated heterocycles. The Morgan fingerprint density at radius 1 is 0.495 bits per heavy atom. The molecule has 4 fully saturated rings. The number of benzene rings is 7. The minimum Gasteiger partial charge on any atom is -0.504 e. The average molecular weight is 1760 g/mol. The number of allylic oxidation sites excluding steroid dienone is 2. The zero-order valence-electron chi connectivity index (χ0n) is 59.2. The Balaban J connectivity index is 0.000000168. The number of aliphatic carboxylic acids is 4. The molecule has 0 bridgehead atoms. The number of hydrogen-bond donors (Lipinski definition) is 8. The van der Waals surface area contributed by atoms with E-state index in [0.29, 0.717) is 65.1 Å². The topological polar surface area (TPSA) is 330 Å². The number of rotatable bonds is 19. The third-order valence-corrected chi connectivity index (χ3v) is 24.7. The summed E-state index contributed by atoms with van der Waals surface area (Å²) in [4.78, 5) is 103. The molecule has 32 heteroatoms. The van der Waals surface area contributed by atoms with Gasteiger partial charge in [-0.25, -0.2) is 14.4 Å². The first-order valence-corrected chi connectivity index (χ1v) is 39.6. The minimum atomic E-state index is -1.09. The number of carboxylic acid groups (broad SMARTS) is 4. The van der Waals surface area contributed by atoms with Crippen LogP contribution in [0.4, 0.5) is 0 Å². The highest BCUT2D eigenvalue weighted by Gasteiger charge is 2.45. The van der Waals surface area contributed by atoms with Crippen molar-refractivity contribution in [3.05, 3.63) is 184 Å². The van der Waals surface area contributed by atoms with Crippen molar-refractivity contribution in [3.8, 4) is 23.0 Å². The van der Waals surface area contributed by atoms with E-state index in [1.54, 1.807) is 79.0 Å². The van der Waals surface area contributed by atoms with Crippen molar-refractivity contribution < 1.29 is 88.7 Å². The van der Waals surface area contributed by atoms with E-state index in [1.165, 1.54) is 33.9 Å². The van der Waals surface area contributed by atoms with E-state index in [0.717, 1.165) is 117 Å². The van der Waals surface area contributed by atoms with Gasteiger partial charge in [-0.1, -0.05) is 210 Å². The molecule has 0 spiro atoms. The molecule has 3 atom stereocenters. The van der Waals surface area contributed by atoms with Crippen molar-refractivity contribution in [1.29, 1.82) is 0 Å². The van der Waals surface area contributed by atoms with Gasteiger partial charge in [-0.2, -0.15) is 0 Å². The Kier molecular flexibility index (Phi) is 28.4. The van der Waals surface area contributed by atoms with Gasteiger partial charge in [0.15, 0.2) is 23.0 Å². The number of aryl methyl sites for hydroxylation is 1. The van der Waals surface area contributed by atoms with Gasteiger partial charge in [0.2, 0.25) is 0 Å². The number of thioether (sulfide) groups is 4. The molecular weight excluding hydrogens is 1690 g/mol. The number of thiocarbonyl (C=S) groups is 4. The first-order chi connectivity index (χ1) is 51.6. The normalized spacial score (nSPS) is 17.5. The number of aliphatic hydroxyl groups excluding tert-OH is 2. The number of carbonyl (C=O) groups is 8. The van der Waals surface area contributed by atoms with Crippen LogP contribution in [0.1, 0.15) is 86.9 Å². The number of amides is 4. The third-order valence-electron chi connectivity index (χ3n) is 17.5. The van der Waals surface area contributed by atoms with Crippen LogP contribution >= 0.6 is 128 Å². The van der Waals surface area contributed by atoms with E-state index in [9.17, 15) is 74.1 Å². The largest absolute Gasteiger partial charge is 0.504 e. The van der Waals surface area contributed by atoms with E-state index >= 15 is 0 Å². The van der Waals surface area contributed by atoms with Gasteiger partial charge in [-0.05, 0) is 189 Å². The Bertz CT molecular complexity index is 5150. The fourth-order valence-corrected chi connectivity index (χ4v) is 18.8. The molecule has 109 heavy (non-hydrogen) atoms. The summed E-state index contributed by atoms with van der Waals surface area (Å²) in [6.45, 7) is 9.67. The molecule has 5 aliphatic rings. The number of methoxy groups -OCH3 is 2. The van der Waals surface area contributed by atoms with Gasteiger partial charge in [0.25, 0.3) is 23.6 Å². The van der Waals surface area contributed by atoms with Crippen LogP contribution in [0, 0.1) is 17.8 Å². The van der Waals surface area contributed by atoms with Gasteiger partial charge in [0, 0.05) is 19.9 Å². The van der Waals surface area contributed by atoms with Crippen LogP contribution in [0.25, 0.3) is 55.0 Å². The Labute approximate surface area is 681 Å². The molecule has 4 aliphatic heterocycles. The summed E-state index contributed by atoms with van der Waals surface area (Å²) >= 11 is 32.4. The monoisotopic (exact) mass is 1750 g/mol. The highest BCUT2D eigenvalue weighted by Crippen LogP contribution is 2.46. The maximum Gasteiger partial charge on any atom is 0.327 e. The average Bonchev–Trinajstić information content (AvgIpc) is 1.78. The number of halogens is 2. The second-order valence-electron chi connectivity index (χ2n) is 25.7. The molecule has 3 unspecified atom stereocenters. The van der Waals surface area contributed by atoms with E-state index in [4.69, 9.17) is 63.5 Å². The van der Waals surface area contributed by atoms with Crippen molar-refractivity contribution in [1.82, 2.24) is 19.6 Å². The van der Waals surface area contributed by atoms with E-state index in [-0.39, 0.29) is 65.7 Å². The van der Waals surface area contributed by atoms with Crippen LogP contribution in [0.15, 0.2) is 145 Å². The zero-order valence-corrected chi connectivity index (χ0v) is 68.9. The summed E-state index contributed by atoms with van der Waals surface area (Å²) in [5.41, 5.74) is 6.00. The maximum atomic E-state index is 13.0. The summed E-state index contributed by atoms with van der Waals surface area (Å²) in [7, 11) is 3.10. The molecule has 12 rings (SSSR count). The number of ether oxygens (including phenoxy) is 2. The predicted molar refractivity (Wildman–Crippen MR) is 450 cm³/mol. The van der Waals surface area contributed by atoms with Gasteiger partial charge in [0.05, 0.1) is 47.1 Å². The molecule has 0 aromatic heterocycles. The van der Waals surface area contributed by atoms with Crippen molar-refractivity contribution in [2.75, 3.05) is 20.8 Å². The van der Waals surface area contributed by atoms with E-state index < -0.39 is 66.3 Å². The quantitative estimate of drug-likeness (QED) is 0.0212. The molecule has 4 heterocycles. The van der Waals surface area contributed by atoms with Gasteiger partial charge in [0.1, 0.15) is 42.0 Å². The van der Waals surface area contributed by atoms with Crippen LogP contribution in [-0.2, 0) is 58.0 Å². The van der Waals surface area contributed by atoms with Crippen molar-refractivity contribution in [3.63, 3.8) is 0 Å². The molecule has 7 aromatic rings. The van der Waals surface area contributed by atoms with Crippen LogP contribution in [0.5, 0.6) is 23.0 Å². The second-order valence-corrected chi connectivity index (χ2v) is 34.0. The number of aromatic hydroxyl groups is 2. The Morgan fingerprint density at radius 3 is 1.45 bits per heavy atom. The number of aliphatic hydroxyl groups is 2. The summed E-state index contributed by atoms with van der Waals surface area (Å²) in [5, 5.41) is 81.7. The van der Waals surface area contributed by atoms with Crippen LogP contribution in [0.3, 0.4) is 0 Å². The highest BCUT2D eigenvalue weighted by molar-refractivity contribution is 9.15. The van der Waals surface area contributed by atoms with E-state index in [2.05, 4.69) is 31.9 Å². The first kappa shape index (κ1) is 84.6. The smallest absolute Gasteiger partial charge is 0.327 e. The van der Waals surface area contributed by atoms with Crippen molar-refractivity contribution in [2.24, 2.45) is 17.8 Å². The number of fused-ring (bicyclic) bond motifs is 4. The number of carboxylic acids is 4. The summed E-state index contributed by atoms with van der Waals surface area (Å²) in [6.07, 6.45) is 8.07. The molecular formula is C77H70Br2N4O18S8. The predicted octanol–water partition coefficient (Wildman–Crippen LogP) is 15.2. The highest BCUT2D eigenvalue weighted by atomic mass is 79.9. The number of nitrogens with zero attached hydrogens (tertiary/aromatic N) is 4. The number of phenolic OH excluding ortho intramolecular Hbond substituents is 2. The molecule has 22 nitrogen and oxygen atoms in total. The minimum absolute atomic E-state index is 0.170. The summed E-state index contributed by atoms with van der Waals surface area (Å²) < 4.78 is 13.5. The number of phenols is 2. The molecule has 1 aliphatic carbocycles. The van der Waals surface area contributed by atoms with Gasteiger partial charge >= 0.3 is 23.9 Å². The lowest BCUT2D eigenvalue weighted by molar-refractivity contribution is -0.147. The molecule has 8 N–H and O–H groups in total. The van der Waals surface area contributed by atoms with Crippen LogP contribution < -0.4 is 9.47 Å². The van der Waals surface area contributed by atoms with Crippen LogP contribution in [-0.4, -0.2) is 164 Å². The second kappa shape index (κ2) is 36.6.